The molecule has 2 aliphatic carbocycles. The molecule has 0 spiro atoms. The maximum atomic E-state index is 2.49. The highest BCUT2D eigenvalue weighted by Crippen LogP contribution is 2.65. The summed E-state index contributed by atoms with van der Waals surface area (Å²) in [6.45, 7) is 2.49. The summed E-state index contributed by atoms with van der Waals surface area (Å²) in [6.07, 6.45) is 8.71. The lowest BCUT2D eigenvalue weighted by molar-refractivity contribution is 0.404. The number of aryl methyl sites for hydroxylation is 1. The Morgan fingerprint density at radius 3 is 2.69 bits per heavy atom. The molecule has 0 nitrogen and oxygen atoms in total. The van der Waals surface area contributed by atoms with E-state index in [1.165, 1.54) is 44.1 Å². The summed E-state index contributed by atoms with van der Waals surface area (Å²) in [5.41, 5.74) is 2.30. The molecule has 0 N–H and O–H groups in total. The van der Waals surface area contributed by atoms with E-state index in [1.807, 2.05) is 0 Å². The molecule has 16 heavy (non-hydrogen) atoms. The number of benzene rings is 1. The van der Waals surface area contributed by atoms with Crippen LogP contribution in [0.4, 0.5) is 0 Å². The molecule has 1 aromatic carbocycles. The number of hydrogen-bond donors (Lipinski definition) is 0. The van der Waals surface area contributed by atoms with Crippen molar-refractivity contribution < 1.29 is 0 Å². The number of fused-ring (bicyclic) bond motifs is 1. The Morgan fingerprint density at radius 1 is 1.19 bits per heavy atom. The van der Waals surface area contributed by atoms with Crippen LogP contribution in [0.5, 0.6) is 0 Å². The Balaban J connectivity index is 1.42. The summed E-state index contributed by atoms with van der Waals surface area (Å²) in [7, 11) is 0. The SMILES string of the molecule is CC12CC(CCCc3ccccc3)CC1C2. The van der Waals surface area contributed by atoms with E-state index >= 15 is 0 Å². The monoisotopic (exact) mass is 214 g/mol. The van der Waals surface area contributed by atoms with Gasteiger partial charge in [-0.25, -0.2) is 0 Å². The Kier molecular flexibility index (Phi) is 2.53. The molecule has 86 valence electrons. The van der Waals surface area contributed by atoms with Gasteiger partial charge in [-0.1, -0.05) is 43.7 Å². The van der Waals surface area contributed by atoms with Gasteiger partial charge in [0, 0.05) is 0 Å². The van der Waals surface area contributed by atoms with E-state index in [2.05, 4.69) is 37.3 Å². The number of rotatable bonds is 4. The summed E-state index contributed by atoms with van der Waals surface area (Å²) in [5, 5.41) is 0. The van der Waals surface area contributed by atoms with Crippen molar-refractivity contribution in [3.8, 4) is 0 Å². The Morgan fingerprint density at radius 2 is 2.00 bits per heavy atom. The minimum Gasteiger partial charge on any atom is -0.0622 e. The highest BCUT2D eigenvalue weighted by molar-refractivity contribution is 5.14. The van der Waals surface area contributed by atoms with Crippen LogP contribution < -0.4 is 0 Å². The van der Waals surface area contributed by atoms with Crippen LogP contribution in [-0.4, -0.2) is 0 Å². The standard InChI is InChI=1S/C16H22/c1-16-11-14(10-15(16)12-16)9-5-8-13-6-3-2-4-7-13/h2-4,6-7,14-15H,5,8-12H2,1H3. The molecule has 2 saturated carbocycles. The predicted octanol–water partition coefficient (Wildman–Crippen LogP) is 4.45. The van der Waals surface area contributed by atoms with Gasteiger partial charge in [-0.2, -0.15) is 0 Å². The molecule has 0 radical (unpaired) electrons. The minimum atomic E-state index is 0.789. The Hall–Kier alpha value is -0.780. The molecule has 0 bridgehead atoms. The quantitative estimate of drug-likeness (QED) is 0.695. The maximum Gasteiger partial charge on any atom is -0.0279 e. The molecule has 0 heteroatoms. The van der Waals surface area contributed by atoms with Gasteiger partial charge in [-0.3, -0.25) is 0 Å². The molecule has 3 rings (SSSR count). The third-order valence-electron chi connectivity index (χ3n) is 4.83. The molecule has 1 aromatic rings. The zero-order valence-corrected chi connectivity index (χ0v) is 10.3. The van der Waals surface area contributed by atoms with E-state index in [0.717, 1.165) is 17.3 Å². The van der Waals surface area contributed by atoms with Gasteiger partial charge in [0.05, 0.1) is 0 Å². The van der Waals surface area contributed by atoms with Gasteiger partial charge >= 0.3 is 0 Å². The van der Waals surface area contributed by atoms with E-state index in [4.69, 9.17) is 0 Å². The van der Waals surface area contributed by atoms with Gasteiger partial charge in [-0.05, 0) is 54.9 Å². The summed E-state index contributed by atoms with van der Waals surface area (Å²) < 4.78 is 0. The highest BCUT2D eigenvalue weighted by atomic mass is 14.6. The maximum absolute atomic E-state index is 2.49. The minimum absolute atomic E-state index is 0.789. The van der Waals surface area contributed by atoms with Crippen LogP contribution in [0.1, 0.15) is 44.6 Å². The van der Waals surface area contributed by atoms with Crippen molar-refractivity contribution in [2.24, 2.45) is 17.3 Å². The molecule has 0 aromatic heterocycles. The van der Waals surface area contributed by atoms with E-state index in [-0.39, 0.29) is 0 Å². The van der Waals surface area contributed by atoms with Gasteiger partial charge in [0.25, 0.3) is 0 Å². The zero-order chi connectivity index (χ0) is 11.0. The molecule has 0 saturated heterocycles. The van der Waals surface area contributed by atoms with Crippen molar-refractivity contribution in [3.63, 3.8) is 0 Å². The molecule has 0 heterocycles. The van der Waals surface area contributed by atoms with Gasteiger partial charge in [0.15, 0.2) is 0 Å². The fraction of sp³-hybridized carbons (Fsp3) is 0.625. The third kappa shape index (κ3) is 2.03. The lowest BCUT2D eigenvalue weighted by atomic mass is 9.93. The van der Waals surface area contributed by atoms with E-state index in [9.17, 15) is 0 Å². The molecule has 3 unspecified atom stereocenters. The first-order valence-electron chi connectivity index (χ1n) is 6.80. The van der Waals surface area contributed by atoms with Crippen LogP contribution in [0.25, 0.3) is 0 Å². The molecule has 2 aliphatic rings. The zero-order valence-electron chi connectivity index (χ0n) is 10.3. The first-order chi connectivity index (χ1) is 7.76. The molecular weight excluding hydrogens is 192 g/mol. The van der Waals surface area contributed by atoms with Crippen molar-refractivity contribution in [3.05, 3.63) is 35.9 Å². The molecular formula is C16H22. The molecule has 2 fully saturated rings. The van der Waals surface area contributed by atoms with Crippen molar-refractivity contribution in [1.29, 1.82) is 0 Å². The lowest BCUT2D eigenvalue weighted by Crippen LogP contribution is -2.00. The smallest absolute Gasteiger partial charge is 0.0279 e. The summed E-state index contributed by atoms with van der Waals surface area (Å²) >= 11 is 0. The van der Waals surface area contributed by atoms with Crippen molar-refractivity contribution >= 4 is 0 Å². The average molecular weight is 214 g/mol. The largest absolute Gasteiger partial charge is 0.0622 e. The Bertz CT molecular complexity index is 354. The molecule has 0 amide bonds. The van der Waals surface area contributed by atoms with Crippen LogP contribution in [0, 0.1) is 17.3 Å². The lowest BCUT2D eigenvalue weighted by Gasteiger charge is -2.13. The Labute approximate surface area is 99.1 Å². The third-order valence-corrected chi connectivity index (χ3v) is 4.83. The van der Waals surface area contributed by atoms with Crippen LogP contribution in [0.3, 0.4) is 0 Å². The van der Waals surface area contributed by atoms with Crippen LogP contribution in [0.15, 0.2) is 30.3 Å². The van der Waals surface area contributed by atoms with E-state index < -0.39 is 0 Å². The first kappa shape index (κ1) is 10.4. The van der Waals surface area contributed by atoms with Gasteiger partial charge in [0.1, 0.15) is 0 Å². The van der Waals surface area contributed by atoms with Crippen LogP contribution >= 0.6 is 0 Å². The summed E-state index contributed by atoms with van der Waals surface area (Å²) in [5.74, 6) is 2.15. The fourth-order valence-electron chi connectivity index (χ4n) is 3.73. The van der Waals surface area contributed by atoms with Gasteiger partial charge < -0.3 is 0 Å². The van der Waals surface area contributed by atoms with E-state index in [0.29, 0.717) is 0 Å². The number of hydrogen-bond acceptors (Lipinski definition) is 0. The first-order valence-corrected chi connectivity index (χ1v) is 6.80. The fourth-order valence-corrected chi connectivity index (χ4v) is 3.73. The normalized spacial score (nSPS) is 36.1. The van der Waals surface area contributed by atoms with E-state index in [1.54, 1.807) is 0 Å². The molecule has 3 atom stereocenters. The van der Waals surface area contributed by atoms with Crippen LogP contribution in [0.2, 0.25) is 0 Å². The second-order valence-corrected chi connectivity index (χ2v) is 6.24. The second kappa shape index (κ2) is 3.91. The second-order valence-electron chi connectivity index (χ2n) is 6.24. The van der Waals surface area contributed by atoms with Crippen molar-refractivity contribution in [1.82, 2.24) is 0 Å². The highest BCUT2D eigenvalue weighted by Gasteiger charge is 2.55. The van der Waals surface area contributed by atoms with Crippen molar-refractivity contribution in [2.45, 2.75) is 45.4 Å². The predicted molar refractivity (Wildman–Crippen MR) is 68.3 cm³/mol. The van der Waals surface area contributed by atoms with Gasteiger partial charge in [0.2, 0.25) is 0 Å². The topological polar surface area (TPSA) is 0 Å². The summed E-state index contributed by atoms with van der Waals surface area (Å²) in [4.78, 5) is 0. The summed E-state index contributed by atoms with van der Waals surface area (Å²) in [6, 6.07) is 10.9. The van der Waals surface area contributed by atoms with Gasteiger partial charge in [-0.15, -0.1) is 0 Å². The van der Waals surface area contributed by atoms with Crippen molar-refractivity contribution in [2.75, 3.05) is 0 Å². The molecule has 0 aliphatic heterocycles. The average Bonchev–Trinajstić information content (AvgIpc) is 2.79. The van der Waals surface area contributed by atoms with Crippen LogP contribution in [-0.2, 0) is 6.42 Å².